The first-order valence-electron chi connectivity index (χ1n) is 7.43. The maximum atomic E-state index is 11.9. The van der Waals surface area contributed by atoms with Crippen LogP contribution < -0.4 is 10.6 Å². The maximum Gasteiger partial charge on any atom is 0.315 e. The standard InChI is InChI=1S/C15H24N2O3S/c1-3-21-12-7-6-11(9-12)17-14(18)16-10-15(2,19)13-5-4-8-20-13/h4-5,8,11-12,19H,3,6-7,9-10H2,1-2H3,(H2,16,17,18). The van der Waals surface area contributed by atoms with Crippen molar-refractivity contribution in [3.63, 3.8) is 0 Å². The van der Waals surface area contributed by atoms with Crippen molar-refractivity contribution in [1.82, 2.24) is 10.6 Å². The molecule has 2 amide bonds. The topological polar surface area (TPSA) is 74.5 Å². The van der Waals surface area contributed by atoms with Gasteiger partial charge < -0.3 is 20.2 Å². The molecule has 1 aliphatic rings. The Kier molecular flexibility index (Phi) is 5.58. The van der Waals surface area contributed by atoms with Crippen molar-refractivity contribution in [3.8, 4) is 0 Å². The fourth-order valence-corrected chi connectivity index (χ4v) is 3.76. The lowest BCUT2D eigenvalue weighted by molar-refractivity contribution is 0.0366. The van der Waals surface area contributed by atoms with Crippen LogP contribution in [0.15, 0.2) is 22.8 Å². The van der Waals surface area contributed by atoms with E-state index < -0.39 is 5.60 Å². The highest BCUT2D eigenvalue weighted by Gasteiger charge is 2.29. The average molecular weight is 312 g/mol. The second kappa shape index (κ2) is 7.22. The second-order valence-electron chi connectivity index (χ2n) is 5.67. The van der Waals surface area contributed by atoms with Gasteiger partial charge in [0.25, 0.3) is 0 Å². The summed E-state index contributed by atoms with van der Waals surface area (Å²) in [5.41, 5.74) is -1.20. The normalized spacial score (nSPS) is 24.5. The molecular formula is C15H24N2O3S. The van der Waals surface area contributed by atoms with Gasteiger partial charge in [0.15, 0.2) is 0 Å². The van der Waals surface area contributed by atoms with E-state index in [0.29, 0.717) is 11.0 Å². The SMILES string of the molecule is CCSC1CCC(NC(=O)NCC(C)(O)c2ccco2)C1. The van der Waals surface area contributed by atoms with Crippen LogP contribution in [0.25, 0.3) is 0 Å². The molecule has 0 spiro atoms. The van der Waals surface area contributed by atoms with Gasteiger partial charge in [-0.2, -0.15) is 11.8 Å². The molecule has 0 aliphatic heterocycles. The molecule has 3 N–H and O–H groups in total. The largest absolute Gasteiger partial charge is 0.466 e. The molecule has 2 rings (SSSR count). The van der Waals surface area contributed by atoms with Crippen LogP contribution in [-0.2, 0) is 5.60 Å². The Balaban J connectivity index is 1.73. The first kappa shape index (κ1) is 16.2. The highest BCUT2D eigenvalue weighted by atomic mass is 32.2. The summed E-state index contributed by atoms with van der Waals surface area (Å²) in [6, 6.07) is 3.42. The molecule has 0 aromatic carbocycles. The van der Waals surface area contributed by atoms with E-state index in [-0.39, 0.29) is 18.6 Å². The molecule has 1 aromatic rings. The number of amides is 2. The number of aliphatic hydroxyl groups is 1. The molecule has 1 aliphatic carbocycles. The minimum Gasteiger partial charge on any atom is -0.466 e. The Bertz CT molecular complexity index is 448. The van der Waals surface area contributed by atoms with Gasteiger partial charge in [0.2, 0.25) is 0 Å². The summed E-state index contributed by atoms with van der Waals surface area (Å²) in [5, 5.41) is 16.6. The van der Waals surface area contributed by atoms with E-state index in [1.807, 2.05) is 11.8 Å². The number of hydrogen-bond donors (Lipinski definition) is 3. The van der Waals surface area contributed by atoms with Gasteiger partial charge in [0.05, 0.1) is 12.8 Å². The lowest BCUT2D eigenvalue weighted by Crippen LogP contribution is -2.46. The minimum absolute atomic E-state index is 0.117. The lowest BCUT2D eigenvalue weighted by atomic mass is 10.0. The summed E-state index contributed by atoms with van der Waals surface area (Å²) in [6.07, 6.45) is 4.72. The summed E-state index contributed by atoms with van der Waals surface area (Å²) >= 11 is 1.96. The zero-order valence-corrected chi connectivity index (χ0v) is 13.4. The van der Waals surface area contributed by atoms with Gasteiger partial charge in [0.1, 0.15) is 11.4 Å². The fraction of sp³-hybridized carbons (Fsp3) is 0.667. The molecule has 3 atom stereocenters. The zero-order valence-electron chi connectivity index (χ0n) is 12.6. The van der Waals surface area contributed by atoms with Crippen molar-refractivity contribution >= 4 is 17.8 Å². The number of thioether (sulfide) groups is 1. The number of rotatable bonds is 6. The average Bonchev–Trinajstić information content (AvgIpc) is 3.09. The lowest BCUT2D eigenvalue weighted by Gasteiger charge is -2.22. The van der Waals surface area contributed by atoms with Crippen LogP contribution in [0.5, 0.6) is 0 Å². The van der Waals surface area contributed by atoms with Crippen molar-refractivity contribution in [2.24, 2.45) is 0 Å². The molecule has 6 heteroatoms. The van der Waals surface area contributed by atoms with Gasteiger partial charge in [0, 0.05) is 11.3 Å². The summed E-state index contributed by atoms with van der Waals surface area (Å²) in [5.74, 6) is 1.57. The van der Waals surface area contributed by atoms with Crippen molar-refractivity contribution in [1.29, 1.82) is 0 Å². The molecule has 5 nitrogen and oxygen atoms in total. The van der Waals surface area contributed by atoms with Gasteiger partial charge in [-0.3, -0.25) is 0 Å². The molecule has 0 saturated heterocycles. The summed E-state index contributed by atoms with van der Waals surface area (Å²) < 4.78 is 5.18. The van der Waals surface area contributed by atoms with Crippen LogP contribution in [-0.4, -0.2) is 34.7 Å². The third-order valence-corrected chi connectivity index (χ3v) is 5.00. The molecular weight excluding hydrogens is 288 g/mol. The molecule has 21 heavy (non-hydrogen) atoms. The van der Waals surface area contributed by atoms with E-state index in [1.165, 1.54) is 6.26 Å². The Labute approximate surface area is 129 Å². The second-order valence-corrected chi connectivity index (χ2v) is 7.24. The van der Waals surface area contributed by atoms with E-state index in [0.717, 1.165) is 25.0 Å². The summed E-state index contributed by atoms with van der Waals surface area (Å²) in [6.45, 7) is 3.90. The molecule has 1 heterocycles. The molecule has 1 aromatic heterocycles. The van der Waals surface area contributed by atoms with Gasteiger partial charge in [-0.15, -0.1) is 0 Å². The van der Waals surface area contributed by atoms with E-state index >= 15 is 0 Å². The van der Waals surface area contributed by atoms with Crippen LogP contribution in [0, 0.1) is 0 Å². The fourth-order valence-electron chi connectivity index (χ4n) is 2.62. The molecule has 1 saturated carbocycles. The van der Waals surface area contributed by atoms with Crippen LogP contribution in [0.3, 0.4) is 0 Å². The number of hydrogen-bond acceptors (Lipinski definition) is 4. The smallest absolute Gasteiger partial charge is 0.315 e. The Hall–Kier alpha value is -1.14. The van der Waals surface area contributed by atoms with E-state index in [2.05, 4.69) is 17.6 Å². The van der Waals surface area contributed by atoms with Crippen LogP contribution in [0.1, 0.15) is 38.9 Å². The number of urea groups is 1. The predicted octanol–water partition coefficient (Wildman–Crippen LogP) is 2.46. The minimum atomic E-state index is -1.20. The molecule has 0 bridgehead atoms. The zero-order chi connectivity index (χ0) is 15.3. The third-order valence-electron chi connectivity index (χ3n) is 3.77. The van der Waals surface area contributed by atoms with Gasteiger partial charge >= 0.3 is 6.03 Å². The monoisotopic (exact) mass is 312 g/mol. The number of carbonyl (C=O) groups excluding carboxylic acids is 1. The number of carbonyl (C=O) groups is 1. The number of nitrogens with one attached hydrogen (secondary N) is 2. The summed E-state index contributed by atoms with van der Waals surface area (Å²) in [7, 11) is 0. The Morgan fingerprint density at radius 1 is 1.57 bits per heavy atom. The van der Waals surface area contributed by atoms with Crippen molar-refractivity contribution in [2.45, 2.75) is 50.0 Å². The predicted molar refractivity (Wildman–Crippen MR) is 84.4 cm³/mol. The Morgan fingerprint density at radius 3 is 3.05 bits per heavy atom. The van der Waals surface area contributed by atoms with E-state index in [1.54, 1.807) is 19.1 Å². The molecule has 0 radical (unpaired) electrons. The molecule has 1 fully saturated rings. The van der Waals surface area contributed by atoms with Crippen LogP contribution in [0.2, 0.25) is 0 Å². The number of furan rings is 1. The van der Waals surface area contributed by atoms with E-state index in [9.17, 15) is 9.90 Å². The Morgan fingerprint density at radius 2 is 2.38 bits per heavy atom. The van der Waals surface area contributed by atoms with Crippen molar-refractivity contribution in [2.75, 3.05) is 12.3 Å². The third kappa shape index (κ3) is 4.68. The maximum absolute atomic E-state index is 11.9. The molecule has 3 unspecified atom stereocenters. The van der Waals surface area contributed by atoms with E-state index in [4.69, 9.17) is 4.42 Å². The molecule has 118 valence electrons. The highest BCUT2D eigenvalue weighted by molar-refractivity contribution is 7.99. The van der Waals surface area contributed by atoms with Crippen LogP contribution >= 0.6 is 11.8 Å². The first-order chi connectivity index (χ1) is 10.0. The quantitative estimate of drug-likeness (QED) is 0.754. The van der Waals surface area contributed by atoms with Gasteiger partial charge in [-0.05, 0) is 44.1 Å². The van der Waals surface area contributed by atoms with Crippen molar-refractivity contribution in [3.05, 3.63) is 24.2 Å². The van der Waals surface area contributed by atoms with Gasteiger partial charge in [-0.1, -0.05) is 6.92 Å². The summed E-state index contributed by atoms with van der Waals surface area (Å²) in [4.78, 5) is 11.9. The van der Waals surface area contributed by atoms with Crippen LogP contribution in [0.4, 0.5) is 4.79 Å². The highest BCUT2D eigenvalue weighted by Crippen LogP contribution is 2.29. The first-order valence-corrected chi connectivity index (χ1v) is 8.48. The van der Waals surface area contributed by atoms with Gasteiger partial charge in [-0.25, -0.2) is 4.79 Å². The van der Waals surface area contributed by atoms with Crippen molar-refractivity contribution < 1.29 is 14.3 Å².